The molecule has 0 aliphatic rings. The Kier molecular flexibility index (Phi) is 1.57. The maximum absolute atomic E-state index is 4.56. The van der Waals surface area contributed by atoms with E-state index in [-0.39, 0.29) is 0 Å². The molecule has 0 saturated heterocycles. The van der Waals surface area contributed by atoms with Gasteiger partial charge in [-0.3, -0.25) is 4.40 Å². The highest BCUT2D eigenvalue weighted by atomic mass is 15.1. The molecule has 1 aromatic carbocycles. The van der Waals surface area contributed by atoms with Crippen LogP contribution in [0.25, 0.3) is 16.6 Å². The Balaban J connectivity index is 2.60. The first-order valence-corrected chi connectivity index (χ1v) is 4.96. The monoisotopic (exact) mass is 197 g/mol. The fourth-order valence-corrected chi connectivity index (χ4v) is 1.85. The van der Waals surface area contributed by atoms with Gasteiger partial charge >= 0.3 is 0 Å². The van der Waals surface area contributed by atoms with Crippen LogP contribution < -0.4 is 0 Å². The minimum absolute atomic E-state index is 0.995. The molecule has 3 heteroatoms. The molecule has 15 heavy (non-hydrogen) atoms. The molecular formula is C12H11N3. The third-order valence-corrected chi connectivity index (χ3v) is 2.84. The number of rotatable bonds is 0. The lowest BCUT2D eigenvalue weighted by molar-refractivity contribution is 1.05. The van der Waals surface area contributed by atoms with Crippen LogP contribution in [0.4, 0.5) is 0 Å². The van der Waals surface area contributed by atoms with E-state index in [4.69, 9.17) is 0 Å². The number of hydrogen-bond donors (Lipinski definition) is 0. The molecule has 2 aromatic heterocycles. The zero-order chi connectivity index (χ0) is 10.4. The molecule has 0 bridgehead atoms. The van der Waals surface area contributed by atoms with E-state index in [0.29, 0.717) is 0 Å². The molecule has 3 aromatic rings. The second-order valence-electron chi connectivity index (χ2n) is 3.74. The molecule has 2 heterocycles. The highest BCUT2D eigenvalue weighted by Crippen LogP contribution is 2.19. The average Bonchev–Trinajstić information content (AvgIpc) is 2.56. The van der Waals surface area contributed by atoms with Gasteiger partial charge in [0.05, 0.1) is 11.2 Å². The van der Waals surface area contributed by atoms with Crippen molar-refractivity contribution < 1.29 is 0 Å². The van der Waals surface area contributed by atoms with Crippen LogP contribution in [0.5, 0.6) is 0 Å². The SMILES string of the molecule is Cc1nc2c3ccccc3ncn2c1C. The number of imidazole rings is 1. The molecule has 74 valence electrons. The zero-order valence-corrected chi connectivity index (χ0v) is 8.73. The number of benzene rings is 1. The Morgan fingerprint density at radius 2 is 1.93 bits per heavy atom. The summed E-state index contributed by atoms with van der Waals surface area (Å²) >= 11 is 0. The predicted octanol–water partition coefficient (Wildman–Crippen LogP) is 2.50. The fraction of sp³-hybridized carbons (Fsp3) is 0.167. The molecule has 0 aliphatic heterocycles. The Hall–Kier alpha value is -1.90. The third kappa shape index (κ3) is 1.06. The third-order valence-electron chi connectivity index (χ3n) is 2.84. The molecule has 0 unspecified atom stereocenters. The summed E-state index contributed by atoms with van der Waals surface area (Å²) in [5.74, 6) is 0. The van der Waals surface area contributed by atoms with Crippen molar-refractivity contribution in [1.29, 1.82) is 0 Å². The minimum atomic E-state index is 0.995. The van der Waals surface area contributed by atoms with E-state index < -0.39 is 0 Å². The van der Waals surface area contributed by atoms with E-state index in [1.54, 1.807) is 0 Å². The molecule has 0 atom stereocenters. The van der Waals surface area contributed by atoms with Crippen molar-refractivity contribution in [2.24, 2.45) is 0 Å². The molecule has 0 aliphatic carbocycles. The topological polar surface area (TPSA) is 30.2 Å². The van der Waals surface area contributed by atoms with Crippen LogP contribution in [-0.4, -0.2) is 14.4 Å². The molecular weight excluding hydrogens is 186 g/mol. The van der Waals surface area contributed by atoms with Crippen molar-refractivity contribution in [3.05, 3.63) is 42.0 Å². The van der Waals surface area contributed by atoms with Gasteiger partial charge in [-0.1, -0.05) is 12.1 Å². The first-order valence-electron chi connectivity index (χ1n) is 4.96. The van der Waals surface area contributed by atoms with Gasteiger partial charge in [-0.25, -0.2) is 9.97 Å². The zero-order valence-electron chi connectivity index (χ0n) is 8.73. The molecule has 0 N–H and O–H groups in total. The molecule has 0 amide bonds. The number of aromatic nitrogens is 3. The lowest BCUT2D eigenvalue weighted by Gasteiger charge is -1.99. The molecule has 0 spiro atoms. The first kappa shape index (κ1) is 8.41. The van der Waals surface area contributed by atoms with Crippen LogP contribution in [-0.2, 0) is 0 Å². The Morgan fingerprint density at radius 3 is 2.80 bits per heavy atom. The fourth-order valence-electron chi connectivity index (χ4n) is 1.85. The van der Waals surface area contributed by atoms with E-state index in [1.807, 2.05) is 35.9 Å². The van der Waals surface area contributed by atoms with Crippen LogP contribution in [0.3, 0.4) is 0 Å². The van der Waals surface area contributed by atoms with E-state index in [9.17, 15) is 0 Å². The Morgan fingerprint density at radius 1 is 1.13 bits per heavy atom. The second-order valence-corrected chi connectivity index (χ2v) is 3.74. The van der Waals surface area contributed by atoms with Crippen molar-refractivity contribution in [2.75, 3.05) is 0 Å². The van der Waals surface area contributed by atoms with Crippen LogP contribution in [0.15, 0.2) is 30.6 Å². The predicted molar refractivity (Wildman–Crippen MR) is 60.0 cm³/mol. The van der Waals surface area contributed by atoms with Crippen LogP contribution >= 0.6 is 0 Å². The lowest BCUT2D eigenvalue weighted by atomic mass is 10.2. The number of para-hydroxylation sites is 1. The van der Waals surface area contributed by atoms with Gasteiger partial charge in [0.15, 0.2) is 0 Å². The maximum atomic E-state index is 4.56. The van der Waals surface area contributed by atoms with E-state index in [1.165, 1.54) is 0 Å². The van der Waals surface area contributed by atoms with Crippen molar-refractivity contribution in [3.8, 4) is 0 Å². The molecule has 3 rings (SSSR count). The summed E-state index contributed by atoms with van der Waals surface area (Å²) in [5.41, 5.74) is 4.21. The first-order chi connectivity index (χ1) is 7.27. The molecule has 3 nitrogen and oxygen atoms in total. The summed E-state index contributed by atoms with van der Waals surface area (Å²) in [6, 6.07) is 8.08. The number of hydrogen-bond acceptors (Lipinski definition) is 2. The quantitative estimate of drug-likeness (QED) is 0.554. The van der Waals surface area contributed by atoms with Crippen molar-refractivity contribution >= 4 is 16.6 Å². The van der Waals surface area contributed by atoms with Crippen LogP contribution in [0.2, 0.25) is 0 Å². The standard InChI is InChI=1S/C12H11N3/c1-8-9(2)15-7-13-11-6-4-3-5-10(11)12(15)14-8/h3-7H,1-2H3. The highest BCUT2D eigenvalue weighted by molar-refractivity contribution is 5.91. The van der Waals surface area contributed by atoms with E-state index in [0.717, 1.165) is 27.9 Å². The number of fused-ring (bicyclic) bond motifs is 3. The maximum Gasteiger partial charge on any atom is 0.147 e. The van der Waals surface area contributed by atoms with Gasteiger partial charge in [0.1, 0.15) is 12.0 Å². The van der Waals surface area contributed by atoms with Crippen LogP contribution in [0, 0.1) is 13.8 Å². The van der Waals surface area contributed by atoms with Crippen LogP contribution in [0.1, 0.15) is 11.4 Å². The lowest BCUT2D eigenvalue weighted by Crippen LogP contribution is -1.91. The summed E-state index contributed by atoms with van der Waals surface area (Å²) in [7, 11) is 0. The Bertz CT molecular complexity index is 652. The minimum Gasteiger partial charge on any atom is -0.287 e. The largest absolute Gasteiger partial charge is 0.287 e. The molecule has 0 radical (unpaired) electrons. The number of aryl methyl sites for hydroxylation is 2. The summed E-state index contributed by atoms with van der Waals surface area (Å²) in [4.78, 5) is 8.97. The van der Waals surface area contributed by atoms with Gasteiger partial charge in [0, 0.05) is 11.1 Å². The highest BCUT2D eigenvalue weighted by Gasteiger charge is 2.07. The van der Waals surface area contributed by atoms with E-state index in [2.05, 4.69) is 23.0 Å². The van der Waals surface area contributed by atoms with Gasteiger partial charge in [0.25, 0.3) is 0 Å². The smallest absolute Gasteiger partial charge is 0.147 e. The van der Waals surface area contributed by atoms with Crippen molar-refractivity contribution in [1.82, 2.24) is 14.4 Å². The summed E-state index contributed by atoms with van der Waals surface area (Å²) in [6.07, 6.45) is 1.84. The Labute approximate surface area is 87.4 Å². The van der Waals surface area contributed by atoms with Gasteiger partial charge in [0.2, 0.25) is 0 Å². The van der Waals surface area contributed by atoms with Crippen molar-refractivity contribution in [2.45, 2.75) is 13.8 Å². The van der Waals surface area contributed by atoms with E-state index >= 15 is 0 Å². The van der Waals surface area contributed by atoms with Crippen molar-refractivity contribution in [3.63, 3.8) is 0 Å². The summed E-state index contributed by atoms with van der Waals surface area (Å²) in [5, 5.41) is 1.11. The molecule has 0 saturated carbocycles. The average molecular weight is 197 g/mol. The van der Waals surface area contributed by atoms with Gasteiger partial charge < -0.3 is 0 Å². The second kappa shape index (κ2) is 2.79. The molecule has 0 fully saturated rings. The summed E-state index contributed by atoms with van der Waals surface area (Å²) < 4.78 is 2.04. The number of nitrogens with zero attached hydrogens (tertiary/aromatic N) is 3. The van der Waals surface area contributed by atoms with Gasteiger partial charge in [-0.05, 0) is 26.0 Å². The summed E-state index contributed by atoms with van der Waals surface area (Å²) in [6.45, 7) is 4.09. The van der Waals surface area contributed by atoms with Gasteiger partial charge in [-0.15, -0.1) is 0 Å². The normalized spacial score (nSPS) is 11.3. The van der Waals surface area contributed by atoms with Gasteiger partial charge in [-0.2, -0.15) is 0 Å².